The molecular weight excluding hydrogens is 138 g/mol. The van der Waals surface area contributed by atoms with Crippen LogP contribution in [-0.2, 0) is 0 Å². The second kappa shape index (κ2) is 3.44. The summed E-state index contributed by atoms with van der Waals surface area (Å²) in [4.78, 5) is 2.62. The van der Waals surface area contributed by atoms with E-state index in [1.165, 1.54) is 0 Å². The van der Waals surface area contributed by atoms with Crippen LogP contribution in [0.2, 0.25) is 0 Å². The molecule has 0 N–H and O–H groups in total. The normalized spacial score (nSPS) is 11.6. The van der Waals surface area contributed by atoms with Crippen LogP contribution in [-0.4, -0.2) is 0 Å². The topological polar surface area (TPSA) is 48.8 Å². The van der Waals surface area contributed by atoms with Crippen molar-refractivity contribution in [2.75, 3.05) is 0 Å². The van der Waals surface area contributed by atoms with E-state index in [0.29, 0.717) is 5.70 Å². The average Bonchev–Trinajstić information content (AvgIpc) is 2.15. The number of hydrogen-bond acceptors (Lipinski definition) is 1. The first-order valence-electron chi connectivity index (χ1n) is 3.65. The Hall–Kier alpha value is -1.73. The van der Waals surface area contributed by atoms with Gasteiger partial charge in [-0.25, -0.2) is 0 Å². The van der Waals surface area contributed by atoms with Crippen LogP contribution in [0.3, 0.4) is 0 Å². The van der Waals surface area contributed by atoms with Crippen molar-refractivity contribution < 1.29 is 1.37 Å². The van der Waals surface area contributed by atoms with Crippen molar-refractivity contribution in [3.05, 3.63) is 52.9 Å². The molecule has 0 aliphatic rings. The van der Waals surface area contributed by atoms with Crippen molar-refractivity contribution in [2.45, 2.75) is 0 Å². The average molecular weight is 146 g/mol. The van der Waals surface area contributed by atoms with E-state index in [2.05, 4.69) is 10.0 Å². The summed E-state index contributed by atoms with van der Waals surface area (Å²) in [5.74, 6) is 0. The van der Waals surface area contributed by atoms with E-state index in [1.54, 1.807) is 12.1 Å². The highest BCUT2D eigenvalue weighted by Gasteiger charge is 1.91. The molecule has 0 fully saturated rings. The molecule has 3 nitrogen and oxygen atoms in total. The van der Waals surface area contributed by atoms with Crippen LogP contribution in [0.5, 0.6) is 0 Å². The summed E-state index contributed by atoms with van der Waals surface area (Å²) in [5, 5.41) is 3.37. The van der Waals surface area contributed by atoms with Crippen LogP contribution in [0.1, 0.15) is 6.93 Å². The third-order valence-corrected chi connectivity index (χ3v) is 1.22. The van der Waals surface area contributed by atoms with Crippen LogP contribution < -0.4 is 0 Å². The monoisotopic (exact) mass is 146 g/mol. The lowest BCUT2D eigenvalue weighted by molar-refractivity contribution is 1.48. The van der Waals surface area contributed by atoms with Gasteiger partial charge in [0, 0.05) is 10.6 Å². The maximum atomic E-state index is 8.16. The van der Waals surface area contributed by atoms with Gasteiger partial charge in [-0.05, 0) is 11.1 Å². The second-order valence-corrected chi connectivity index (χ2v) is 1.94. The molecule has 0 unspecified atom stereocenters. The van der Waals surface area contributed by atoms with Crippen molar-refractivity contribution in [3.8, 4) is 0 Å². The molecule has 0 radical (unpaired) electrons. The Labute approximate surface area is 66.0 Å². The lowest BCUT2D eigenvalue weighted by Gasteiger charge is -1.94. The maximum Gasteiger partial charge on any atom is 0.0543 e. The van der Waals surface area contributed by atoms with Gasteiger partial charge in [-0.3, -0.25) is 0 Å². The van der Waals surface area contributed by atoms with Gasteiger partial charge in [0.2, 0.25) is 0 Å². The molecule has 0 amide bonds. The molecule has 0 aromatic heterocycles. The number of azide groups is 1. The summed E-state index contributed by atoms with van der Waals surface area (Å²) in [6.45, 7) is 1.04. The fourth-order valence-electron chi connectivity index (χ4n) is 0.715. The minimum Gasteiger partial charge on any atom is -0.0889 e. The first-order chi connectivity index (χ1) is 5.88. The van der Waals surface area contributed by atoms with Crippen LogP contribution in [0.25, 0.3) is 16.1 Å². The second-order valence-electron chi connectivity index (χ2n) is 1.94. The lowest BCUT2D eigenvalue weighted by atomic mass is 10.2. The zero-order chi connectivity index (χ0) is 8.81. The van der Waals surface area contributed by atoms with Crippen molar-refractivity contribution in [2.24, 2.45) is 5.11 Å². The van der Waals surface area contributed by atoms with Gasteiger partial charge in [0.15, 0.2) is 0 Å². The molecule has 1 aromatic rings. The highest BCUT2D eigenvalue weighted by molar-refractivity contribution is 5.61. The summed E-state index contributed by atoms with van der Waals surface area (Å²) in [7, 11) is 0. The van der Waals surface area contributed by atoms with E-state index in [0.717, 1.165) is 12.1 Å². The van der Waals surface area contributed by atoms with E-state index < -0.39 is 0 Å². The van der Waals surface area contributed by atoms with Crippen molar-refractivity contribution in [3.63, 3.8) is 0 Å². The summed E-state index contributed by atoms with van der Waals surface area (Å²) < 4.78 is 6.97. The van der Waals surface area contributed by atoms with E-state index in [-0.39, 0.29) is 0 Å². The van der Waals surface area contributed by atoms with Gasteiger partial charge in [-0.15, -0.1) is 0 Å². The Morgan fingerprint density at radius 3 is 2.82 bits per heavy atom. The largest absolute Gasteiger partial charge is 0.0889 e. The van der Waals surface area contributed by atoms with Gasteiger partial charge in [0.1, 0.15) is 0 Å². The molecule has 0 saturated heterocycles. The highest BCUT2D eigenvalue weighted by atomic mass is 15.1. The fraction of sp³-hybridized carbons (Fsp3) is 0. The molecule has 3 heteroatoms. The third-order valence-electron chi connectivity index (χ3n) is 1.22. The molecule has 0 saturated carbocycles. The fourth-order valence-corrected chi connectivity index (χ4v) is 0.715. The van der Waals surface area contributed by atoms with Crippen LogP contribution in [0, 0.1) is 0 Å². The first-order valence-corrected chi connectivity index (χ1v) is 3.07. The summed E-state index contributed by atoms with van der Waals surface area (Å²) in [5.41, 5.74) is 9.25. The number of benzene rings is 1. The van der Waals surface area contributed by atoms with Gasteiger partial charge < -0.3 is 0 Å². The molecule has 54 valence electrons. The Balaban J connectivity index is 3.05. The standard InChI is InChI=1S/C8H7N3/c1-7(10-11-9)8-5-3-2-4-6-8/h2-6H,1H2/i1D. The number of rotatable bonds is 2. The van der Waals surface area contributed by atoms with Crippen LogP contribution in [0.4, 0.5) is 0 Å². The van der Waals surface area contributed by atoms with Gasteiger partial charge in [0.25, 0.3) is 0 Å². The van der Waals surface area contributed by atoms with E-state index in [4.69, 9.17) is 6.90 Å². The quantitative estimate of drug-likeness (QED) is 0.350. The van der Waals surface area contributed by atoms with E-state index >= 15 is 0 Å². The molecule has 0 bridgehead atoms. The van der Waals surface area contributed by atoms with Gasteiger partial charge in [-0.1, -0.05) is 42.0 Å². The molecule has 0 heterocycles. The Morgan fingerprint density at radius 1 is 1.55 bits per heavy atom. The molecular formula is C8H7N3. The van der Waals surface area contributed by atoms with Gasteiger partial charge in [-0.2, -0.15) is 0 Å². The Morgan fingerprint density at radius 2 is 2.27 bits per heavy atom. The molecule has 1 rings (SSSR count). The third kappa shape index (κ3) is 1.85. The maximum absolute atomic E-state index is 8.16. The minimum absolute atomic E-state index is 0.332. The van der Waals surface area contributed by atoms with Crippen LogP contribution >= 0.6 is 0 Å². The SMILES string of the molecule is [2H]C=C(N=[N+]=[N-])c1ccccc1. The summed E-state index contributed by atoms with van der Waals surface area (Å²) in [6.07, 6.45) is 0. The molecule has 11 heavy (non-hydrogen) atoms. The molecule has 0 spiro atoms. The summed E-state index contributed by atoms with van der Waals surface area (Å²) >= 11 is 0. The highest BCUT2D eigenvalue weighted by Crippen LogP contribution is 2.11. The van der Waals surface area contributed by atoms with Crippen molar-refractivity contribution in [1.29, 1.82) is 0 Å². The van der Waals surface area contributed by atoms with Gasteiger partial charge in [0.05, 0.1) is 1.37 Å². The molecule has 0 atom stereocenters. The lowest BCUT2D eigenvalue weighted by Crippen LogP contribution is -1.74. The van der Waals surface area contributed by atoms with E-state index in [1.807, 2.05) is 18.2 Å². The molecule has 0 aliphatic heterocycles. The summed E-state index contributed by atoms with van der Waals surface area (Å²) in [6, 6.07) is 9.09. The van der Waals surface area contributed by atoms with Crippen LogP contribution in [0.15, 0.2) is 42.0 Å². The molecule has 0 aliphatic carbocycles. The zero-order valence-corrected chi connectivity index (χ0v) is 5.81. The number of hydrogen-bond donors (Lipinski definition) is 0. The Bertz CT molecular complexity index is 325. The zero-order valence-electron chi connectivity index (χ0n) is 6.81. The molecule has 1 aromatic carbocycles. The first kappa shape index (κ1) is 6.01. The number of nitrogens with zero attached hydrogens (tertiary/aromatic N) is 3. The predicted octanol–water partition coefficient (Wildman–Crippen LogP) is 2.97. The van der Waals surface area contributed by atoms with Gasteiger partial charge >= 0.3 is 0 Å². The van der Waals surface area contributed by atoms with Crippen molar-refractivity contribution in [1.82, 2.24) is 0 Å². The predicted molar refractivity (Wildman–Crippen MR) is 44.6 cm³/mol. The smallest absolute Gasteiger partial charge is 0.0543 e. The Kier molecular flexibility index (Phi) is 1.88. The van der Waals surface area contributed by atoms with Crippen molar-refractivity contribution >= 4 is 5.70 Å². The minimum atomic E-state index is 0.332. The van der Waals surface area contributed by atoms with E-state index in [9.17, 15) is 0 Å².